The average molecular weight is 549 g/mol. The number of rotatable bonds is 3. The molecule has 0 bridgehead atoms. The number of hydrogen-bond acceptors (Lipinski definition) is 1. The summed E-state index contributed by atoms with van der Waals surface area (Å²) < 4.78 is 44.2. The summed E-state index contributed by atoms with van der Waals surface area (Å²) >= 11 is 0. The minimum atomic E-state index is -4.31. The van der Waals surface area contributed by atoms with Crippen molar-refractivity contribution in [2.45, 2.75) is 52.6 Å². The molecule has 0 fully saturated rings. The molecule has 0 aliphatic rings. The monoisotopic (exact) mass is 548 g/mol. The number of hydrogen-bond donors (Lipinski definition) is 0. The smallest absolute Gasteiger partial charge is 0.306 e. The summed E-state index contributed by atoms with van der Waals surface area (Å²) in [6.07, 6.45) is -2.55. The van der Waals surface area contributed by atoms with E-state index in [9.17, 15) is 13.2 Å². The van der Waals surface area contributed by atoms with Gasteiger partial charge in [0, 0.05) is 33.3 Å². The molecule has 0 saturated carbocycles. The molecular weight excluding hydrogens is 517 g/mol. The van der Waals surface area contributed by atoms with Crippen LogP contribution in [0.4, 0.5) is 13.2 Å². The number of nitrogens with zero attached hydrogens (tertiary/aromatic N) is 2. The summed E-state index contributed by atoms with van der Waals surface area (Å²) in [5.74, 6) is 0. The van der Waals surface area contributed by atoms with Crippen LogP contribution < -0.4 is 0 Å². The Labute approximate surface area is 236 Å². The van der Waals surface area contributed by atoms with Gasteiger partial charge in [0.15, 0.2) is 0 Å². The number of aromatic nitrogens is 2. The largest absolute Gasteiger partial charge is 0.394 e. The van der Waals surface area contributed by atoms with Crippen LogP contribution in [0.3, 0.4) is 0 Å². The van der Waals surface area contributed by atoms with Gasteiger partial charge in [-0.25, -0.2) is 0 Å². The second-order valence-corrected chi connectivity index (χ2v) is 13.0. The molecule has 7 rings (SSSR count). The molecule has 4 aromatic carbocycles. The van der Waals surface area contributed by atoms with Gasteiger partial charge in [0.2, 0.25) is 0 Å². The molecule has 0 aliphatic carbocycles. The molecule has 7 aromatic rings. The van der Waals surface area contributed by atoms with Gasteiger partial charge in [-0.05, 0) is 58.0 Å². The quantitative estimate of drug-likeness (QED) is 0.215. The van der Waals surface area contributed by atoms with E-state index in [1.807, 2.05) is 42.6 Å². The maximum absolute atomic E-state index is 14.0. The number of benzene rings is 4. The summed E-state index contributed by atoms with van der Waals surface area (Å²) in [6.45, 7) is 9.25. The van der Waals surface area contributed by atoms with Crippen LogP contribution in [0.5, 0.6) is 0 Å². The van der Waals surface area contributed by atoms with Crippen LogP contribution in [0, 0.1) is 5.41 Å². The second-order valence-electron chi connectivity index (χ2n) is 13.0. The Bertz CT molecular complexity index is 2120. The van der Waals surface area contributed by atoms with E-state index >= 15 is 0 Å². The number of alkyl halides is 3. The zero-order chi connectivity index (χ0) is 28.9. The standard InChI is InChI=1S/C36H31F3N2/c1-34(2,3)28-19-23(18-21-10-6-7-11-24(21)28)31-33-26(16-17-40-31)25-15-14-22(20-35(4,5)36(37,38)39)30-27-12-8-9-13-29(27)41(33)32(25)30/h6-19H,20H2,1-5H3. The van der Waals surface area contributed by atoms with Crippen LogP contribution >= 0.6 is 0 Å². The molecule has 3 heterocycles. The Morgan fingerprint density at radius 1 is 0.707 bits per heavy atom. The predicted octanol–water partition coefficient (Wildman–Crippen LogP) is 10.5. The third kappa shape index (κ3) is 3.74. The Morgan fingerprint density at radius 3 is 2.12 bits per heavy atom. The van der Waals surface area contributed by atoms with Crippen molar-refractivity contribution in [1.82, 2.24) is 9.38 Å². The van der Waals surface area contributed by atoms with E-state index in [0.29, 0.717) is 5.56 Å². The Morgan fingerprint density at radius 2 is 1.39 bits per heavy atom. The Balaban J connectivity index is 1.60. The van der Waals surface area contributed by atoms with E-state index < -0.39 is 11.6 Å². The van der Waals surface area contributed by atoms with Crippen molar-refractivity contribution in [3.63, 3.8) is 0 Å². The summed E-state index contributed by atoms with van der Waals surface area (Å²) in [5, 5.41) is 6.32. The number of para-hydroxylation sites is 1. The molecule has 0 saturated heterocycles. The van der Waals surface area contributed by atoms with Gasteiger partial charge >= 0.3 is 6.18 Å². The molecule has 3 aromatic heterocycles. The first kappa shape index (κ1) is 25.8. The van der Waals surface area contributed by atoms with Gasteiger partial charge in [-0.15, -0.1) is 0 Å². The fraction of sp³-hybridized carbons (Fsp3) is 0.250. The van der Waals surface area contributed by atoms with Crippen molar-refractivity contribution >= 4 is 48.9 Å². The van der Waals surface area contributed by atoms with Crippen LogP contribution in [-0.4, -0.2) is 15.6 Å². The minimum absolute atomic E-state index is 0.0792. The Kier molecular flexibility index (Phi) is 5.32. The van der Waals surface area contributed by atoms with Gasteiger partial charge in [-0.3, -0.25) is 4.98 Å². The molecule has 0 radical (unpaired) electrons. The highest BCUT2D eigenvalue weighted by molar-refractivity contribution is 6.25. The van der Waals surface area contributed by atoms with E-state index in [2.05, 4.69) is 67.6 Å². The zero-order valence-electron chi connectivity index (χ0n) is 23.8. The molecule has 0 unspecified atom stereocenters. The maximum Gasteiger partial charge on any atom is 0.394 e. The van der Waals surface area contributed by atoms with Crippen LogP contribution in [0.1, 0.15) is 45.7 Å². The first-order chi connectivity index (χ1) is 19.4. The lowest BCUT2D eigenvalue weighted by atomic mass is 9.82. The van der Waals surface area contributed by atoms with Crippen molar-refractivity contribution in [3.05, 3.63) is 96.2 Å². The van der Waals surface area contributed by atoms with Crippen molar-refractivity contribution in [2.75, 3.05) is 0 Å². The molecule has 0 spiro atoms. The molecule has 41 heavy (non-hydrogen) atoms. The minimum Gasteiger partial charge on any atom is -0.306 e. The molecule has 206 valence electrons. The highest BCUT2D eigenvalue weighted by atomic mass is 19.4. The van der Waals surface area contributed by atoms with E-state index in [0.717, 1.165) is 54.7 Å². The maximum atomic E-state index is 14.0. The first-order valence-electron chi connectivity index (χ1n) is 14.0. The number of halogens is 3. The molecule has 0 N–H and O–H groups in total. The second kappa shape index (κ2) is 8.45. The zero-order valence-corrected chi connectivity index (χ0v) is 23.8. The SMILES string of the molecule is CC(C)(C)c1cc(-c2nccc3c4ccc(CC(C)(C)C(F)(F)F)c5c6ccccc6n(c23)c45)cc2ccccc12. The summed E-state index contributed by atoms with van der Waals surface area (Å²) in [4.78, 5) is 4.95. The van der Waals surface area contributed by atoms with Gasteiger partial charge in [0.1, 0.15) is 0 Å². The molecule has 2 nitrogen and oxygen atoms in total. The topological polar surface area (TPSA) is 17.3 Å². The summed E-state index contributed by atoms with van der Waals surface area (Å²) in [5.41, 5.74) is 4.85. The third-order valence-electron chi connectivity index (χ3n) is 8.68. The van der Waals surface area contributed by atoms with Crippen molar-refractivity contribution in [2.24, 2.45) is 5.41 Å². The van der Waals surface area contributed by atoms with Gasteiger partial charge in [-0.1, -0.05) is 89.2 Å². The lowest BCUT2D eigenvalue weighted by Crippen LogP contribution is -2.34. The van der Waals surface area contributed by atoms with Crippen LogP contribution in [0.2, 0.25) is 0 Å². The van der Waals surface area contributed by atoms with Gasteiger partial charge in [0.25, 0.3) is 0 Å². The highest BCUT2D eigenvalue weighted by Crippen LogP contribution is 2.47. The van der Waals surface area contributed by atoms with E-state index in [-0.39, 0.29) is 11.8 Å². The van der Waals surface area contributed by atoms with Gasteiger partial charge in [-0.2, -0.15) is 13.2 Å². The summed E-state index contributed by atoms with van der Waals surface area (Å²) in [7, 11) is 0. The fourth-order valence-corrected chi connectivity index (χ4v) is 6.52. The van der Waals surface area contributed by atoms with E-state index in [1.165, 1.54) is 24.8 Å². The fourth-order valence-electron chi connectivity index (χ4n) is 6.52. The van der Waals surface area contributed by atoms with Crippen molar-refractivity contribution in [1.29, 1.82) is 0 Å². The molecule has 0 atom stereocenters. The van der Waals surface area contributed by atoms with Gasteiger partial charge < -0.3 is 4.40 Å². The van der Waals surface area contributed by atoms with Crippen LogP contribution in [-0.2, 0) is 11.8 Å². The molecular formula is C36H31F3N2. The average Bonchev–Trinajstić information content (AvgIpc) is 3.44. The number of pyridine rings is 1. The third-order valence-corrected chi connectivity index (χ3v) is 8.68. The van der Waals surface area contributed by atoms with Crippen molar-refractivity contribution < 1.29 is 13.2 Å². The van der Waals surface area contributed by atoms with Gasteiger partial charge in [0.05, 0.1) is 27.7 Å². The first-order valence-corrected chi connectivity index (χ1v) is 14.0. The van der Waals surface area contributed by atoms with Crippen LogP contribution in [0.15, 0.2) is 85.1 Å². The Hall–Kier alpha value is -4.12. The molecule has 5 heteroatoms. The summed E-state index contributed by atoms with van der Waals surface area (Å²) in [6, 6.07) is 26.9. The van der Waals surface area contributed by atoms with Crippen molar-refractivity contribution in [3.8, 4) is 11.3 Å². The molecule has 0 amide bonds. The lowest BCUT2D eigenvalue weighted by Gasteiger charge is -2.28. The normalized spacial score (nSPS) is 13.5. The highest BCUT2D eigenvalue weighted by Gasteiger charge is 2.47. The predicted molar refractivity (Wildman–Crippen MR) is 164 cm³/mol. The van der Waals surface area contributed by atoms with E-state index in [4.69, 9.17) is 4.98 Å². The lowest BCUT2D eigenvalue weighted by molar-refractivity contribution is -0.210. The molecule has 0 aliphatic heterocycles. The van der Waals surface area contributed by atoms with Crippen LogP contribution in [0.25, 0.3) is 60.1 Å². The number of fused-ring (bicyclic) bond motifs is 7. The van der Waals surface area contributed by atoms with E-state index in [1.54, 1.807) is 0 Å².